The van der Waals surface area contributed by atoms with E-state index >= 15 is 0 Å². The number of aromatic nitrogens is 4. The van der Waals surface area contributed by atoms with Crippen molar-refractivity contribution in [3.63, 3.8) is 0 Å². The van der Waals surface area contributed by atoms with Crippen LogP contribution in [0.15, 0.2) is 38.8 Å². The molecule has 10 heteroatoms. The first kappa shape index (κ1) is 24.7. The van der Waals surface area contributed by atoms with Gasteiger partial charge in [0.25, 0.3) is 5.56 Å². The third kappa shape index (κ3) is 4.62. The minimum absolute atomic E-state index is 0.0270. The molecule has 2 N–H and O–H groups in total. The lowest BCUT2D eigenvalue weighted by Gasteiger charge is -2.38. The van der Waals surface area contributed by atoms with Crippen molar-refractivity contribution in [2.45, 2.75) is 52.2 Å². The molecule has 2 atom stereocenters. The second-order valence-electron chi connectivity index (χ2n) is 9.54. The summed E-state index contributed by atoms with van der Waals surface area (Å²) in [4.78, 5) is 43.4. The van der Waals surface area contributed by atoms with Crippen LogP contribution >= 0.6 is 0 Å². The number of hydrogen-bond donors (Lipinski definition) is 2. The van der Waals surface area contributed by atoms with Crippen LogP contribution in [0.1, 0.15) is 38.2 Å². The summed E-state index contributed by atoms with van der Waals surface area (Å²) in [7, 11) is 1.66. The molecule has 0 unspecified atom stereocenters. The van der Waals surface area contributed by atoms with E-state index in [2.05, 4.69) is 32.4 Å². The molecule has 5 rings (SSSR count). The summed E-state index contributed by atoms with van der Waals surface area (Å²) in [5, 5.41) is 7.66. The van der Waals surface area contributed by atoms with Gasteiger partial charge < -0.3 is 15.5 Å². The smallest absolute Gasteiger partial charge is 0.332 e. The number of benzene rings is 1. The number of aliphatic imine (C=N–C) groups is 1. The zero-order valence-corrected chi connectivity index (χ0v) is 21.7. The zero-order valence-electron chi connectivity index (χ0n) is 21.7. The van der Waals surface area contributed by atoms with E-state index in [1.54, 1.807) is 14.0 Å². The van der Waals surface area contributed by atoms with Gasteiger partial charge >= 0.3 is 5.69 Å². The molecule has 2 aromatic heterocycles. The first-order valence-electron chi connectivity index (χ1n) is 12.7. The minimum atomic E-state index is -0.444. The van der Waals surface area contributed by atoms with E-state index in [1.165, 1.54) is 9.13 Å². The van der Waals surface area contributed by atoms with Gasteiger partial charge in [-0.2, -0.15) is 0 Å². The predicted molar refractivity (Wildman–Crippen MR) is 147 cm³/mol. The maximum Gasteiger partial charge on any atom is 0.332 e. The lowest BCUT2D eigenvalue weighted by atomic mass is 10.1. The van der Waals surface area contributed by atoms with Crippen molar-refractivity contribution in [1.29, 1.82) is 0 Å². The van der Waals surface area contributed by atoms with Crippen LogP contribution in [0.4, 0.5) is 11.5 Å². The lowest BCUT2D eigenvalue weighted by Crippen LogP contribution is -2.54. The van der Waals surface area contributed by atoms with Gasteiger partial charge in [0.05, 0.1) is 30.7 Å². The van der Waals surface area contributed by atoms with E-state index in [1.807, 2.05) is 43.0 Å². The molecule has 0 radical (unpaired) electrons. The van der Waals surface area contributed by atoms with Gasteiger partial charge in [0.1, 0.15) is 23.2 Å². The number of nitrogens with zero attached hydrogens (tertiary/aromatic N) is 6. The average molecular weight is 501 g/mol. The molecule has 1 saturated heterocycles. The summed E-state index contributed by atoms with van der Waals surface area (Å²) >= 11 is 0. The monoisotopic (exact) mass is 500 g/mol. The van der Waals surface area contributed by atoms with Crippen molar-refractivity contribution in [3.8, 4) is 11.8 Å². The van der Waals surface area contributed by atoms with Gasteiger partial charge in [-0.15, -0.1) is 5.92 Å². The van der Waals surface area contributed by atoms with Gasteiger partial charge in [-0.3, -0.25) is 18.9 Å². The maximum absolute atomic E-state index is 13.9. The Kier molecular flexibility index (Phi) is 6.80. The Hall–Kier alpha value is -3.97. The molecular weight excluding hydrogens is 468 g/mol. The maximum atomic E-state index is 13.9. The van der Waals surface area contributed by atoms with E-state index in [9.17, 15) is 9.59 Å². The van der Waals surface area contributed by atoms with Crippen molar-refractivity contribution in [2.75, 3.05) is 29.9 Å². The highest BCUT2D eigenvalue weighted by Gasteiger charge is 2.34. The standard InChI is InChI=1S/C27H32N8O2/c1-5-6-14-34-18(3)24(30-19-10-9-13-28-15-19)32-25-23(34)26(36)35(27(37)33(25)4)16-22-29-17(2)20-11-7-8-12-21(20)31-22/h7-8,11-12,18-19,28H,9-10,13-16H2,1-4H3,(H,30,32)/t18-,19+/m0/s1. The Morgan fingerprint density at radius 3 is 2.78 bits per heavy atom. The van der Waals surface area contributed by atoms with Gasteiger partial charge in [-0.05, 0) is 46.2 Å². The predicted octanol–water partition coefficient (Wildman–Crippen LogP) is 1.64. The van der Waals surface area contributed by atoms with Crippen molar-refractivity contribution in [1.82, 2.24) is 24.4 Å². The van der Waals surface area contributed by atoms with Crippen molar-refractivity contribution in [2.24, 2.45) is 12.0 Å². The number of fused-ring (bicyclic) bond motifs is 2. The molecule has 0 saturated carbocycles. The molecule has 37 heavy (non-hydrogen) atoms. The third-order valence-corrected chi connectivity index (χ3v) is 7.08. The Morgan fingerprint density at radius 1 is 1.22 bits per heavy atom. The van der Waals surface area contributed by atoms with E-state index in [0.29, 0.717) is 23.9 Å². The largest absolute Gasteiger partial charge is 0.343 e. The highest BCUT2D eigenvalue weighted by molar-refractivity contribution is 6.06. The topological polar surface area (TPSA) is 109 Å². The second kappa shape index (κ2) is 10.2. The summed E-state index contributed by atoms with van der Waals surface area (Å²) in [5.74, 6) is 7.60. The van der Waals surface area contributed by atoms with Gasteiger partial charge in [0.2, 0.25) is 0 Å². The Balaban J connectivity index is 1.61. The fraction of sp³-hybridized carbons (Fsp3) is 0.444. The highest BCUT2D eigenvalue weighted by atomic mass is 16.2. The molecule has 192 valence electrons. The number of para-hydroxylation sites is 1. The molecule has 0 amide bonds. The van der Waals surface area contributed by atoms with Crippen molar-refractivity contribution >= 4 is 28.2 Å². The summed E-state index contributed by atoms with van der Waals surface area (Å²) in [6, 6.07) is 7.64. The van der Waals surface area contributed by atoms with Crippen LogP contribution < -0.4 is 26.8 Å². The summed E-state index contributed by atoms with van der Waals surface area (Å²) < 4.78 is 2.67. The van der Waals surface area contributed by atoms with Crippen LogP contribution in [0.25, 0.3) is 10.9 Å². The molecule has 10 nitrogen and oxygen atoms in total. The second-order valence-corrected chi connectivity index (χ2v) is 9.54. The van der Waals surface area contributed by atoms with E-state index < -0.39 is 11.2 Å². The van der Waals surface area contributed by atoms with Crippen molar-refractivity contribution < 1.29 is 0 Å². The molecule has 1 fully saturated rings. The van der Waals surface area contributed by atoms with E-state index in [-0.39, 0.29) is 18.6 Å². The molecule has 0 spiro atoms. The van der Waals surface area contributed by atoms with E-state index in [4.69, 9.17) is 4.99 Å². The van der Waals surface area contributed by atoms with Gasteiger partial charge in [-0.25, -0.2) is 14.8 Å². The average Bonchev–Trinajstić information content (AvgIpc) is 2.90. The van der Waals surface area contributed by atoms with Crippen LogP contribution in [-0.2, 0) is 13.6 Å². The van der Waals surface area contributed by atoms with Crippen molar-refractivity contribution in [3.05, 3.63) is 56.6 Å². The van der Waals surface area contributed by atoms with E-state index in [0.717, 1.165) is 48.4 Å². The Labute approximate surface area is 215 Å². The summed E-state index contributed by atoms with van der Waals surface area (Å²) in [6.07, 6.45) is 2.06. The number of hydrogen-bond acceptors (Lipinski definition) is 7. The quantitative estimate of drug-likeness (QED) is 0.524. The normalized spacial score (nSPS) is 20.3. The molecular formula is C27H32N8O2. The van der Waals surface area contributed by atoms with Crippen LogP contribution in [0.5, 0.6) is 0 Å². The fourth-order valence-corrected chi connectivity index (χ4v) is 5.03. The third-order valence-electron chi connectivity index (χ3n) is 7.08. The Bertz CT molecular complexity index is 1550. The molecule has 0 aliphatic carbocycles. The number of amidine groups is 1. The summed E-state index contributed by atoms with van der Waals surface area (Å²) in [5.41, 5.74) is 1.14. The number of nitrogens with one attached hydrogen (secondary N) is 2. The van der Waals surface area contributed by atoms with Crippen LogP contribution in [0.3, 0.4) is 0 Å². The zero-order chi connectivity index (χ0) is 26.1. The lowest BCUT2D eigenvalue weighted by molar-refractivity contribution is 0.459. The van der Waals surface area contributed by atoms with Crippen LogP contribution in [0.2, 0.25) is 0 Å². The molecule has 2 aliphatic rings. The minimum Gasteiger partial charge on any atom is -0.343 e. The number of anilines is 2. The molecule has 0 bridgehead atoms. The number of aryl methyl sites for hydroxylation is 1. The first-order valence-corrected chi connectivity index (χ1v) is 12.7. The highest BCUT2D eigenvalue weighted by Crippen LogP contribution is 2.28. The van der Waals surface area contributed by atoms with Crippen LogP contribution in [-0.4, -0.2) is 56.7 Å². The fourth-order valence-electron chi connectivity index (χ4n) is 5.03. The van der Waals surface area contributed by atoms with Gasteiger partial charge in [0, 0.05) is 24.7 Å². The van der Waals surface area contributed by atoms with Crippen LogP contribution in [0, 0.1) is 18.8 Å². The molecule has 4 heterocycles. The summed E-state index contributed by atoms with van der Waals surface area (Å²) in [6.45, 7) is 7.81. The molecule has 3 aromatic rings. The SMILES string of the molecule is CC#CCN1c2c(n(C)c(=O)n(Cc3nc(C)c4ccccc4n3)c2=O)NC(=N[C@@H]2CCCNC2)[C@@H]1C. The Morgan fingerprint density at radius 2 is 2.03 bits per heavy atom. The molecule has 2 aliphatic heterocycles. The number of piperidine rings is 1. The molecule has 1 aromatic carbocycles. The first-order chi connectivity index (χ1) is 17.9. The van der Waals surface area contributed by atoms with Gasteiger partial charge in [0.15, 0.2) is 0 Å². The number of rotatable bonds is 4. The van der Waals surface area contributed by atoms with Gasteiger partial charge in [-0.1, -0.05) is 24.1 Å².